The van der Waals surface area contributed by atoms with Crippen LogP contribution in [0.1, 0.15) is 44.4 Å². The molecule has 1 saturated heterocycles. The molecular formula is C25H31FN4O2. The topological polar surface area (TPSA) is 63.3 Å². The Balaban J connectivity index is 1.52. The van der Waals surface area contributed by atoms with Crippen LogP contribution in [0.5, 0.6) is 5.88 Å². The Bertz CT molecular complexity index is 1130. The molecule has 7 heteroatoms. The van der Waals surface area contributed by atoms with Crippen molar-refractivity contribution >= 4 is 0 Å². The summed E-state index contributed by atoms with van der Waals surface area (Å²) in [4.78, 5) is 19.7. The van der Waals surface area contributed by atoms with E-state index < -0.39 is 0 Å². The van der Waals surface area contributed by atoms with Crippen molar-refractivity contribution in [2.45, 2.75) is 52.7 Å². The molecule has 0 saturated carbocycles. The van der Waals surface area contributed by atoms with E-state index in [4.69, 9.17) is 4.98 Å². The van der Waals surface area contributed by atoms with Crippen molar-refractivity contribution < 1.29 is 9.50 Å². The van der Waals surface area contributed by atoms with Gasteiger partial charge in [-0.2, -0.15) is 0 Å². The third-order valence-corrected chi connectivity index (χ3v) is 5.88. The molecule has 3 aromatic rings. The van der Waals surface area contributed by atoms with Crippen molar-refractivity contribution in [2.75, 3.05) is 13.1 Å². The van der Waals surface area contributed by atoms with Crippen LogP contribution in [0.3, 0.4) is 0 Å². The molecule has 1 aliphatic heterocycles. The van der Waals surface area contributed by atoms with Crippen molar-refractivity contribution in [2.24, 2.45) is 5.92 Å². The minimum absolute atomic E-state index is 0.0736. The van der Waals surface area contributed by atoms with Gasteiger partial charge in [0.1, 0.15) is 5.82 Å². The second-order valence-electron chi connectivity index (χ2n) is 9.07. The maximum atomic E-state index is 15.0. The van der Waals surface area contributed by atoms with Gasteiger partial charge >= 0.3 is 5.69 Å². The molecule has 6 nitrogen and oxygen atoms in total. The minimum Gasteiger partial charge on any atom is -0.493 e. The van der Waals surface area contributed by atoms with Crippen LogP contribution in [0.2, 0.25) is 0 Å². The van der Waals surface area contributed by atoms with Crippen molar-refractivity contribution in [1.29, 1.82) is 0 Å². The summed E-state index contributed by atoms with van der Waals surface area (Å²) in [6.45, 7) is 7.54. The third-order valence-electron chi connectivity index (χ3n) is 5.88. The van der Waals surface area contributed by atoms with Gasteiger partial charge in [-0.1, -0.05) is 32.4 Å². The SMILES string of the molecule is CC(C)Cn1c(O)cn(Cc2ccc(-c3cccc(CN4CCCCC4)n3)c(F)c2)c1=O. The van der Waals surface area contributed by atoms with Gasteiger partial charge in [-0.3, -0.25) is 19.0 Å². The standard InChI is InChI=1S/C25H31FN4O2/c1-18(2)14-30-24(31)17-29(25(30)32)15-19-9-10-21(22(26)13-19)23-8-6-7-20(27-23)16-28-11-4-3-5-12-28/h6-10,13,17-18,31H,3-5,11-12,14-16H2,1-2H3. The van der Waals surface area contributed by atoms with Gasteiger partial charge in [0.15, 0.2) is 0 Å². The quantitative estimate of drug-likeness (QED) is 0.599. The summed E-state index contributed by atoms with van der Waals surface area (Å²) < 4.78 is 17.7. The van der Waals surface area contributed by atoms with Gasteiger partial charge in [0, 0.05) is 18.7 Å². The molecular weight excluding hydrogens is 407 g/mol. The van der Waals surface area contributed by atoms with Gasteiger partial charge in [0.25, 0.3) is 0 Å². The number of halogens is 1. The normalized spacial score (nSPS) is 14.9. The highest BCUT2D eigenvalue weighted by Gasteiger charge is 2.15. The molecule has 0 atom stereocenters. The largest absolute Gasteiger partial charge is 0.493 e. The minimum atomic E-state index is -0.371. The highest BCUT2D eigenvalue weighted by Crippen LogP contribution is 2.23. The first-order chi connectivity index (χ1) is 15.4. The van der Waals surface area contributed by atoms with Crippen LogP contribution in [0, 0.1) is 11.7 Å². The van der Waals surface area contributed by atoms with E-state index in [0.29, 0.717) is 23.4 Å². The summed E-state index contributed by atoms with van der Waals surface area (Å²) in [5.41, 5.74) is 2.36. The summed E-state index contributed by atoms with van der Waals surface area (Å²) in [6.07, 6.45) is 5.13. The van der Waals surface area contributed by atoms with E-state index in [2.05, 4.69) is 4.90 Å². The number of aromatic nitrogens is 3. The van der Waals surface area contributed by atoms with E-state index in [-0.39, 0.29) is 29.8 Å². The number of aromatic hydroxyl groups is 1. The Morgan fingerprint density at radius 1 is 1.09 bits per heavy atom. The molecule has 2 aromatic heterocycles. The molecule has 0 aliphatic carbocycles. The van der Waals surface area contributed by atoms with Gasteiger partial charge in [0.05, 0.1) is 24.1 Å². The summed E-state index contributed by atoms with van der Waals surface area (Å²) in [5, 5.41) is 10.1. The van der Waals surface area contributed by atoms with E-state index in [0.717, 1.165) is 25.3 Å². The smallest absolute Gasteiger partial charge is 0.331 e. The first-order valence-electron chi connectivity index (χ1n) is 11.4. The number of rotatable bonds is 7. The zero-order valence-corrected chi connectivity index (χ0v) is 18.8. The Morgan fingerprint density at radius 3 is 2.59 bits per heavy atom. The molecule has 0 radical (unpaired) electrons. The van der Waals surface area contributed by atoms with Gasteiger partial charge in [-0.05, 0) is 61.7 Å². The Labute approximate surface area is 188 Å². The fourth-order valence-corrected chi connectivity index (χ4v) is 4.29. The molecule has 0 spiro atoms. The average molecular weight is 439 g/mol. The Hall–Kier alpha value is -2.93. The van der Waals surface area contributed by atoms with Crippen LogP contribution in [0.4, 0.5) is 4.39 Å². The molecule has 1 N–H and O–H groups in total. The van der Waals surface area contributed by atoms with E-state index >= 15 is 0 Å². The summed E-state index contributed by atoms with van der Waals surface area (Å²) in [5.74, 6) is -0.219. The first-order valence-corrected chi connectivity index (χ1v) is 11.4. The van der Waals surface area contributed by atoms with Crippen LogP contribution < -0.4 is 5.69 Å². The second kappa shape index (κ2) is 9.69. The van der Waals surface area contributed by atoms with Gasteiger partial charge in [0.2, 0.25) is 5.88 Å². The van der Waals surface area contributed by atoms with E-state index in [1.807, 2.05) is 32.0 Å². The number of hydrogen-bond donors (Lipinski definition) is 1. The van der Waals surface area contributed by atoms with Crippen molar-refractivity contribution in [3.05, 3.63) is 70.2 Å². The number of piperidine rings is 1. The number of likely N-dealkylation sites (tertiary alicyclic amines) is 1. The van der Waals surface area contributed by atoms with Crippen LogP contribution in [0.15, 0.2) is 47.4 Å². The molecule has 4 rings (SSSR count). The van der Waals surface area contributed by atoms with Gasteiger partial charge in [-0.15, -0.1) is 0 Å². The van der Waals surface area contributed by atoms with Crippen LogP contribution >= 0.6 is 0 Å². The number of hydrogen-bond acceptors (Lipinski definition) is 4. The monoisotopic (exact) mass is 438 g/mol. The fourth-order valence-electron chi connectivity index (χ4n) is 4.29. The zero-order chi connectivity index (χ0) is 22.7. The van der Waals surface area contributed by atoms with Crippen LogP contribution in [0.25, 0.3) is 11.3 Å². The van der Waals surface area contributed by atoms with E-state index in [9.17, 15) is 14.3 Å². The molecule has 1 fully saturated rings. The second-order valence-corrected chi connectivity index (χ2v) is 9.07. The highest BCUT2D eigenvalue weighted by molar-refractivity contribution is 5.60. The lowest BCUT2D eigenvalue weighted by atomic mass is 10.1. The number of nitrogens with zero attached hydrogens (tertiary/aromatic N) is 4. The van der Waals surface area contributed by atoms with Crippen LogP contribution in [-0.2, 0) is 19.6 Å². The molecule has 1 aromatic carbocycles. The number of benzene rings is 1. The van der Waals surface area contributed by atoms with Gasteiger partial charge in [-0.25, -0.2) is 9.18 Å². The van der Waals surface area contributed by atoms with Gasteiger partial charge < -0.3 is 5.11 Å². The maximum absolute atomic E-state index is 15.0. The number of imidazole rings is 1. The summed E-state index contributed by atoms with van der Waals surface area (Å²) in [6, 6.07) is 10.7. The van der Waals surface area contributed by atoms with E-state index in [1.165, 1.54) is 40.7 Å². The van der Waals surface area contributed by atoms with Crippen LogP contribution in [-0.4, -0.2) is 37.2 Å². The Morgan fingerprint density at radius 2 is 1.88 bits per heavy atom. The zero-order valence-electron chi connectivity index (χ0n) is 18.8. The Kier molecular flexibility index (Phi) is 6.74. The lowest BCUT2D eigenvalue weighted by molar-refractivity contribution is 0.218. The fraction of sp³-hybridized carbons (Fsp3) is 0.440. The summed E-state index contributed by atoms with van der Waals surface area (Å²) in [7, 11) is 0. The van der Waals surface area contributed by atoms with Crippen molar-refractivity contribution in [1.82, 2.24) is 19.0 Å². The molecule has 0 unspecified atom stereocenters. The van der Waals surface area contributed by atoms with Crippen molar-refractivity contribution in [3.63, 3.8) is 0 Å². The molecule has 32 heavy (non-hydrogen) atoms. The average Bonchev–Trinajstić information content (AvgIpc) is 3.02. The lowest BCUT2D eigenvalue weighted by Gasteiger charge is -2.26. The molecule has 1 aliphatic rings. The highest BCUT2D eigenvalue weighted by atomic mass is 19.1. The molecule has 0 amide bonds. The van der Waals surface area contributed by atoms with E-state index in [1.54, 1.807) is 12.1 Å². The maximum Gasteiger partial charge on any atom is 0.331 e. The lowest BCUT2D eigenvalue weighted by Crippen LogP contribution is -2.29. The van der Waals surface area contributed by atoms with Crippen molar-refractivity contribution in [3.8, 4) is 17.1 Å². The molecule has 0 bridgehead atoms. The number of pyridine rings is 1. The summed E-state index contributed by atoms with van der Waals surface area (Å²) >= 11 is 0. The predicted molar refractivity (Wildman–Crippen MR) is 123 cm³/mol. The molecule has 170 valence electrons. The predicted octanol–water partition coefficient (Wildman–Crippen LogP) is 4.25. The first kappa shape index (κ1) is 22.3. The third kappa shape index (κ3) is 5.10. The molecule has 3 heterocycles.